The highest BCUT2D eigenvalue weighted by atomic mass is 35.5. The van der Waals surface area contributed by atoms with Crippen LogP contribution in [0.15, 0.2) is 34.9 Å². The highest BCUT2D eigenvalue weighted by Gasteiger charge is 2.34. The van der Waals surface area contributed by atoms with E-state index in [0.29, 0.717) is 24.3 Å². The molecule has 3 aromatic rings. The van der Waals surface area contributed by atoms with E-state index in [1.54, 1.807) is 6.07 Å². The molecule has 2 fully saturated rings. The van der Waals surface area contributed by atoms with Crippen LogP contribution in [0.4, 0.5) is 15.9 Å². The summed E-state index contributed by atoms with van der Waals surface area (Å²) in [5, 5.41) is 5.74. The van der Waals surface area contributed by atoms with E-state index in [1.807, 2.05) is 4.90 Å². The first-order chi connectivity index (χ1) is 16.9. The maximum Gasteiger partial charge on any atom is 0.294 e. The van der Waals surface area contributed by atoms with E-state index in [9.17, 15) is 18.8 Å². The fourth-order valence-corrected chi connectivity index (χ4v) is 4.89. The zero-order valence-corrected chi connectivity index (χ0v) is 19.5. The van der Waals surface area contributed by atoms with Crippen molar-refractivity contribution in [2.75, 3.05) is 17.2 Å². The van der Waals surface area contributed by atoms with Crippen LogP contribution in [0.5, 0.6) is 0 Å². The third-order valence-corrected chi connectivity index (χ3v) is 6.77. The predicted molar refractivity (Wildman–Crippen MR) is 126 cm³/mol. The molecule has 9 nitrogen and oxygen atoms in total. The van der Waals surface area contributed by atoms with E-state index >= 15 is 0 Å². The zero-order valence-electron chi connectivity index (χ0n) is 18.7. The van der Waals surface area contributed by atoms with Gasteiger partial charge >= 0.3 is 0 Å². The number of aromatic nitrogens is 2. The fraction of sp³-hybridized carbons (Fsp3) is 0.375. The monoisotopic (exact) mass is 499 g/mol. The topological polar surface area (TPSA) is 117 Å². The molecule has 0 radical (unpaired) electrons. The predicted octanol–water partition coefficient (Wildman–Crippen LogP) is 4.39. The van der Waals surface area contributed by atoms with E-state index in [2.05, 4.69) is 20.6 Å². The van der Waals surface area contributed by atoms with Gasteiger partial charge in [0.05, 0.1) is 5.02 Å². The molecule has 0 spiro atoms. The molecule has 11 heteroatoms. The summed E-state index contributed by atoms with van der Waals surface area (Å²) in [5.41, 5.74) is 0.212. The quantitative estimate of drug-likeness (QED) is 0.503. The summed E-state index contributed by atoms with van der Waals surface area (Å²) in [6.07, 6.45) is 5.53. The second-order valence-electron chi connectivity index (χ2n) is 8.79. The molecule has 0 atom stereocenters. The zero-order chi connectivity index (χ0) is 24.5. The molecule has 1 saturated carbocycles. The molecule has 3 amide bonds. The number of hydrogen-bond donors (Lipinski definition) is 2. The van der Waals surface area contributed by atoms with Crippen LogP contribution >= 0.6 is 11.6 Å². The minimum absolute atomic E-state index is 0.00723. The number of halogens is 2. The lowest BCUT2D eigenvalue weighted by molar-refractivity contribution is -0.130. The van der Waals surface area contributed by atoms with Crippen molar-refractivity contribution in [2.45, 2.75) is 44.6 Å². The third-order valence-electron chi connectivity index (χ3n) is 6.54. The smallest absolute Gasteiger partial charge is 0.294 e. The number of anilines is 2. The highest BCUT2D eigenvalue weighted by molar-refractivity contribution is 6.30. The van der Waals surface area contributed by atoms with Crippen LogP contribution in [-0.2, 0) is 9.59 Å². The number of pyridine rings is 2. The van der Waals surface area contributed by atoms with Gasteiger partial charge in [-0.05, 0) is 56.4 Å². The molecular formula is C24H23ClFN5O4. The molecule has 3 aromatic heterocycles. The van der Waals surface area contributed by atoms with E-state index in [0.717, 1.165) is 31.9 Å². The molecule has 1 aliphatic carbocycles. The number of nitrogens with zero attached hydrogens (tertiary/aromatic N) is 3. The van der Waals surface area contributed by atoms with Crippen LogP contribution in [0.3, 0.4) is 0 Å². The van der Waals surface area contributed by atoms with Crippen molar-refractivity contribution in [3.63, 3.8) is 0 Å². The number of carbonyl (C=O) groups excluding carboxylic acids is 3. The first kappa shape index (κ1) is 23.2. The summed E-state index contributed by atoms with van der Waals surface area (Å²) >= 11 is 5.84. The van der Waals surface area contributed by atoms with Gasteiger partial charge in [-0.2, -0.15) is 4.39 Å². The van der Waals surface area contributed by atoms with Gasteiger partial charge in [0.15, 0.2) is 5.58 Å². The van der Waals surface area contributed by atoms with Gasteiger partial charge in [-0.1, -0.05) is 11.6 Å². The van der Waals surface area contributed by atoms with Crippen molar-refractivity contribution < 1.29 is 23.2 Å². The first-order valence-corrected chi connectivity index (χ1v) is 11.9. The summed E-state index contributed by atoms with van der Waals surface area (Å²) in [6, 6.07) is 5.70. The number of furan rings is 1. The molecule has 5 rings (SSSR count). The van der Waals surface area contributed by atoms with E-state index < -0.39 is 11.9 Å². The average molecular weight is 500 g/mol. The van der Waals surface area contributed by atoms with E-state index in [1.165, 1.54) is 18.3 Å². The maximum absolute atomic E-state index is 13.9. The Labute approximate surface area is 205 Å². The number of fused-ring (bicyclic) bond motifs is 1. The Balaban J connectivity index is 1.34. The van der Waals surface area contributed by atoms with Gasteiger partial charge in [0.2, 0.25) is 23.5 Å². The second kappa shape index (κ2) is 9.61. The van der Waals surface area contributed by atoms with Gasteiger partial charge in [0, 0.05) is 31.1 Å². The SMILES string of the molecule is O=C(Nc1ccc(Cl)cn1)c1oc2ccc(F)nc2c1NC(=O)C1CCC(N2CCCC2=O)CC1. The van der Waals surface area contributed by atoms with Crippen LogP contribution in [0.1, 0.15) is 49.1 Å². The van der Waals surface area contributed by atoms with Gasteiger partial charge in [-0.3, -0.25) is 14.4 Å². The Morgan fingerprint density at radius 2 is 1.91 bits per heavy atom. The number of hydrogen-bond acceptors (Lipinski definition) is 6. The van der Waals surface area contributed by atoms with Crippen LogP contribution < -0.4 is 10.6 Å². The Morgan fingerprint density at radius 3 is 2.60 bits per heavy atom. The van der Waals surface area contributed by atoms with Gasteiger partial charge in [-0.15, -0.1) is 0 Å². The van der Waals surface area contributed by atoms with Crippen molar-refractivity contribution in [1.29, 1.82) is 0 Å². The number of nitrogens with one attached hydrogen (secondary N) is 2. The Bertz CT molecular complexity index is 1290. The van der Waals surface area contributed by atoms with Gasteiger partial charge in [0.25, 0.3) is 5.91 Å². The fourth-order valence-electron chi connectivity index (χ4n) is 4.78. The summed E-state index contributed by atoms with van der Waals surface area (Å²) in [5.74, 6) is -1.85. The molecule has 0 unspecified atom stereocenters. The first-order valence-electron chi connectivity index (χ1n) is 11.5. The van der Waals surface area contributed by atoms with Crippen molar-refractivity contribution >= 4 is 51.9 Å². The van der Waals surface area contributed by atoms with Gasteiger partial charge in [0.1, 0.15) is 17.0 Å². The lowest BCUT2D eigenvalue weighted by Crippen LogP contribution is -2.40. The van der Waals surface area contributed by atoms with Crippen molar-refractivity contribution in [3.05, 3.63) is 47.2 Å². The standard InChI is InChI=1S/C24H23ClFN5O4/c25-14-5-10-18(27-12-14)29-24(34)22-21(20-16(35-22)8-9-17(26)28-20)30-23(33)13-3-6-15(7-4-13)31-11-1-2-19(31)32/h5,8-10,12-13,15H,1-4,6-7,11H2,(H,30,33)(H,27,29,34). The normalized spacial score (nSPS) is 20.3. The summed E-state index contributed by atoms with van der Waals surface area (Å²) < 4.78 is 19.5. The van der Waals surface area contributed by atoms with Crippen LogP contribution in [0.25, 0.3) is 11.1 Å². The second-order valence-corrected chi connectivity index (χ2v) is 9.22. The number of amides is 3. The molecule has 0 aromatic carbocycles. The van der Waals surface area contributed by atoms with Gasteiger partial charge in [-0.25, -0.2) is 9.97 Å². The summed E-state index contributed by atoms with van der Waals surface area (Å²) in [7, 11) is 0. The number of rotatable bonds is 5. The Kier molecular flexibility index (Phi) is 6.38. The highest BCUT2D eigenvalue weighted by Crippen LogP contribution is 2.34. The molecule has 1 saturated heterocycles. The van der Waals surface area contributed by atoms with E-state index in [4.69, 9.17) is 16.0 Å². The molecule has 35 heavy (non-hydrogen) atoms. The summed E-state index contributed by atoms with van der Waals surface area (Å²) in [6.45, 7) is 0.777. The van der Waals surface area contributed by atoms with Crippen LogP contribution in [0.2, 0.25) is 5.02 Å². The summed E-state index contributed by atoms with van der Waals surface area (Å²) in [4.78, 5) is 47.9. The molecule has 2 aliphatic rings. The Morgan fingerprint density at radius 1 is 1.11 bits per heavy atom. The third kappa shape index (κ3) is 4.84. The number of likely N-dealkylation sites (tertiary alicyclic amines) is 1. The molecule has 2 N–H and O–H groups in total. The van der Waals surface area contributed by atoms with Crippen LogP contribution in [-0.4, -0.2) is 45.2 Å². The number of carbonyl (C=O) groups is 3. The van der Waals surface area contributed by atoms with E-state index in [-0.39, 0.29) is 52.1 Å². The average Bonchev–Trinajstić information content (AvgIpc) is 3.44. The van der Waals surface area contributed by atoms with Crippen molar-refractivity contribution in [1.82, 2.24) is 14.9 Å². The molecule has 0 bridgehead atoms. The molecule has 1 aliphatic heterocycles. The molecule has 4 heterocycles. The Hall–Kier alpha value is -3.53. The van der Waals surface area contributed by atoms with Gasteiger partial charge < -0.3 is 20.0 Å². The van der Waals surface area contributed by atoms with Crippen molar-refractivity contribution in [3.8, 4) is 0 Å². The van der Waals surface area contributed by atoms with Crippen LogP contribution in [0, 0.1) is 11.9 Å². The van der Waals surface area contributed by atoms with Crippen molar-refractivity contribution in [2.24, 2.45) is 5.92 Å². The molecule has 182 valence electrons. The minimum Gasteiger partial charge on any atom is -0.447 e. The largest absolute Gasteiger partial charge is 0.447 e. The maximum atomic E-state index is 13.9. The lowest BCUT2D eigenvalue weighted by atomic mass is 9.84. The minimum atomic E-state index is -0.768. The molecular weight excluding hydrogens is 477 g/mol. The lowest BCUT2D eigenvalue weighted by Gasteiger charge is -2.34.